The first-order valence-corrected chi connectivity index (χ1v) is 19.9. The third-order valence-electron chi connectivity index (χ3n) is 9.11. The molecule has 0 saturated heterocycles. The summed E-state index contributed by atoms with van der Waals surface area (Å²) in [5, 5.41) is 2.20. The monoisotopic (exact) mass is 716 g/mol. The van der Waals surface area contributed by atoms with E-state index in [-0.39, 0.29) is 35.0 Å². The van der Waals surface area contributed by atoms with E-state index in [1.165, 1.54) is 141 Å². The van der Waals surface area contributed by atoms with Gasteiger partial charge in [0.25, 0.3) is 0 Å². The van der Waals surface area contributed by atoms with Gasteiger partial charge in [0.05, 0.1) is 25.8 Å². The number of carbonyl (C=O) groups excluding carboxylic acids is 2. The molecule has 0 amide bonds. The normalized spacial score (nSPS) is 11.0. The summed E-state index contributed by atoms with van der Waals surface area (Å²) in [6.45, 7) is 10.0. The van der Waals surface area contributed by atoms with E-state index in [4.69, 9.17) is 9.47 Å². The Kier molecular flexibility index (Phi) is 41.4. The van der Waals surface area contributed by atoms with Crippen LogP contribution in [0.1, 0.15) is 206 Å². The number of quaternary nitrogens is 1. The van der Waals surface area contributed by atoms with Crippen LogP contribution >= 0.6 is 0 Å². The van der Waals surface area contributed by atoms with Gasteiger partial charge in [0, 0.05) is 25.7 Å². The van der Waals surface area contributed by atoms with E-state index in [2.05, 4.69) is 25.7 Å². The lowest BCUT2D eigenvalue weighted by Crippen LogP contribution is -3.00. The highest BCUT2D eigenvalue weighted by atomic mass is 79.9. The topological polar surface area (TPSA) is 69.2 Å². The summed E-state index contributed by atoms with van der Waals surface area (Å²) >= 11 is 0. The number of hydrogen-bond acceptors (Lipinski definition) is 4. The fourth-order valence-corrected chi connectivity index (χ4v) is 6.04. The summed E-state index contributed by atoms with van der Waals surface area (Å²) in [5.74, 6) is -0.158. The number of halogens is 1. The fourth-order valence-electron chi connectivity index (χ4n) is 6.04. The molecule has 46 heavy (non-hydrogen) atoms. The Balaban J connectivity index is 0. The molecule has 0 aromatic rings. The molecule has 2 N–H and O–H groups in total. The van der Waals surface area contributed by atoms with Crippen LogP contribution < -0.4 is 22.3 Å². The summed E-state index contributed by atoms with van der Waals surface area (Å²) in [4.78, 5) is 24.4. The maximum absolute atomic E-state index is 12.2. The first-order valence-electron chi connectivity index (χ1n) is 19.9. The lowest BCUT2D eigenvalue weighted by Gasteiger charge is -2.15. The zero-order valence-corrected chi connectivity index (χ0v) is 32.4. The Hall–Kier alpha value is -0.880. The van der Waals surface area contributed by atoms with Crippen LogP contribution in [0.25, 0.3) is 0 Å². The molecule has 0 radical (unpaired) electrons. The highest BCUT2D eigenvalue weighted by molar-refractivity contribution is 5.69. The Morgan fingerprint density at radius 3 is 1.09 bits per heavy atom. The molecule has 5 nitrogen and oxygen atoms in total. The molecule has 0 fully saturated rings. The van der Waals surface area contributed by atoms with E-state index in [0.717, 1.165) is 45.1 Å². The first kappa shape index (κ1) is 47.2. The van der Waals surface area contributed by atoms with Crippen molar-refractivity contribution in [1.82, 2.24) is 0 Å². The molecule has 0 saturated carbocycles. The summed E-state index contributed by atoms with van der Waals surface area (Å²) in [5.41, 5.74) is 0. The average molecular weight is 717 g/mol. The fraction of sp³-hybridized carbons (Fsp3) is 0.900. The molecule has 0 aliphatic rings. The molecule has 0 spiro atoms. The lowest BCUT2D eigenvalue weighted by molar-refractivity contribution is -0.682. The SMILES string of the molecule is C=CC[NH2+]C(CCOC(=O)CCCCCCCCCCCCCCC)CCOC(=O)CCCCCCCCCCCCCCC.[Br-]. The Labute approximate surface area is 297 Å². The van der Waals surface area contributed by atoms with Crippen LogP contribution in [0, 0.1) is 0 Å². The smallest absolute Gasteiger partial charge is 0.305 e. The van der Waals surface area contributed by atoms with Crippen LogP contribution in [0.15, 0.2) is 12.7 Å². The second kappa shape index (κ2) is 40.3. The zero-order chi connectivity index (χ0) is 32.9. The van der Waals surface area contributed by atoms with Gasteiger partial charge in [0.15, 0.2) is 0 Å². The summed E-state index contributed by atoms with van der Waals surface area (Å²) in [6.07, 6.45) is 38.4. The van der Waals surface area contributed by atoms with Gasteiger partial charge >= 0.3 is 11.9 Å². The number of carbonyl (C=O) groups is 2. The molecule has 0 heterocycles. The minimum absolute atomic E-state index is 0. The number of unbranched alkanes of at least 4 members (excludes halogenated alkanes) is 24. The average Bonchev–Trinajstić information content (AvgIpc) is 3.04. The van der Waals surface area contributed by atoms with Gasteiger partial charge < -0.3 is 31.8 Å². The van der Waals surface area contributed by atoms with Crippen molar-refractivity contribution in [3.63, 3.8) is 0 Å². The molecule has 0 rings (SSSR count). The maximum Gasteiger partial charge on any atom is 0.305 e. The predicted octanol–water partition coefficient (Wildman–Crippen LogP) is 7.94. The van der Waals surface area contributed by atoms with Crippen LogP contribution in [0.3, 0.4) is 0 Å². The van der Waals surface area contributed by atoms with Crippen molar-refractivity contribution < 1.29 is 41.4 Å². The largest absolute Gasteiger partial charge is 1.00 e. The van der Waals surface area contributed by atoms with Gasteiger partial charge in [-0.2, -0.15) is 0 Å². The number of ether oxygens (including phenoxy) is 2. The minimum atomic E-state index is -0.0789. The summed E-state index contributed by atoms with van der Waals surface area (Å²) in [6, 6.07) is 0.260. The first-order chi connectivity index (χ1) is 22.1. The summed E-state index contributed by atoms with van der Waals surface area (Å²) < 4.78 is 11.0. The lowest BCUT2D eigenvalue weighted by atomic mass is 10.0. The highest BCUT2D eigenvalue weighted by Gasteiger charge is 2.14. The van der Waals surface area contributed by atoms with E-state index in [9.17, 15) is 9.59 Å². The van der Waals surface area contributed by atoms with Crippen LogP contribution in [0.5, 0.6) is 0 Å². The van der Waals surface area contributed by atoms with Crippen molar-refractivity contribution in [2.24, 2.45) is 0 Å². The Bertz CT molecular complexity index is 597. The van der Waals surface area contributed by atoms with Crippen molar-refractivity contribution in [1.29, 1.82) is 0 Å². The Morgan fingerprint density at radius 1 is 0.522 bits per heavy atom. The number of hydrogen-bond donors (Lipinski definition) is 1. The second-order valence-corrected chi connectivity index (χ2v) is 13.5. The van der Waals surface area contributed by atoms with Crippen molar-refractivity contribution in [2.45, 2.75) is 213 Å². The molecule has 0 aliphatic carbocycles. The van der Waals surface area contributed by atoms with Gasteiger partial charge in [-0.05, 0) is 18.9 Å². The quantitative estimate of drug-likeness (QED) is 0.0403. The third-order valence-corrected chi connectivity index (χ3v) is 9.11. The molecule has 0 unspecified atom stereocenters. The van der Waals surface area contributed by atoms with E-state index in [0.29, 0.717) is 26.1 Å². The van der Waals surface area contributed by atoms with Gasteiger partial charge in [-0.3, -0.25) is 9.59 Å². The van der Waals surface area contributed by atoms with Gasteiger partial charge in [-0.15, -0.1) is 0 Å². The minimum Gasteiger partial charge on any atom is -1.00 e. The number of esters is 2. The van der Waals surface area contributed by atoms with Crippen LogP contribution in [0.4, 0.5) is 0 Å². The van der Waals surface area contributed by atoms with Gasteiger partial charge in [-0.1, -0.05) is 175 Å². The van der Waals surface area contributed by atoms with Crippen molar-refractivity contribution in [3.05, 3.63) is 12.7 Å². The number of nitrogens with two attached hydrogens (primary N) is 1. The summed E-state index contributed by atoms with van der Waals surface area (Å²) in [7, 11) is 0. The molecule has 0 aromatic carbocycles. The van der Waals surface area contributed by atoms with E-state index in [1.807, 2.05) is 6.08 Å². The van der Waals surface area contributed by atoms with E-state index >= 15 is 0 Å². The third kappa shape index (κ3) is 37.6. The molecular formula is C40H78BrNO4. The van der Waals surface area contributed by atoms with Crippen LogP contribution in [-0.2, 0) is 19.1 Å². The highest BCUT2D eigenvalue weighted by Crippen LogP contribution is 2.14. The van der Waals surface area contributed by atoms with Crippen LogP contribution in [-0.4, -0.2) is 37.7 Å². The van der Waals surface area contributed by atoms with Crippen molar-refractivity contribution >= 4 is 11.9 Å². The zero-order valence-electron chi connectivity index (χ0n) is 30.8. The van der Waals surface area contributed by atoms with Gasteiger partial charge in [-0.25, -0.2) is 0 Å². The molecule has 274 valence electrons. The molecule has 0 atom stereocenters. The predicted molar refractivity (Wildman–Crippen MR) is 193 cm³/mol. The van der Waals surface area contributed by atoms with Crippen molar-refractivity contribution in [2.75, 3.05) is 19.8 Å². The second-order valence-electron chi connectivity index (χ2n) is 13.5. The van der Waals surface area contributed by atoms with Gasteiger partial charge in [0.1, 0.15) is 0 Å². The molecule has 6 heteroatoms. The van der Waals surface area contributed by atoms with Crippen LogP contribution in [0.2, 0.25) is 0 Å². The maximum atomic E-state index is 12.2. The van der Waals surface area contributed by atoms with Gasteiger partial charge in [0.2, 0.25) is 0 Å². The standard InChI is InChI=1S/C40H77NO4.BrH/c1-4-7-9-11-13-15-17-19-21-23-25-27-29-31-39(42)44-36-33-38(41-35-6-3)34-37-45-40(43)32-30-28-26-24-22-20-18-16-14-12-10-8-5-2;/h6,38,41H,3-5,7-37H2,1-2H3;1H. The molecular weight excluding hydrogens is 638 g/mol. The van der Waals surface area contributed by atoms with E-state index in [1.54, 1.807) is 0 Å². The molecule has 0 aliphatic heterocycles. The molecule has 0 bridgehead atoms. The Morgan fingerprint density at radius 2 is 0.804 bits per heavy atom. The van der Waals surface area contributed by atoms with Crippen molar-refractivity contribution in [3.8, 4) is 0 Å². The number of rotatable bonds is 37. The van der Waals surface area contributed by atoms with E-state index < -0.39 is 0 Å². The molecule has 0 aromatic heterocycles.